The van der Waals surface area contributed by atoms with Crippen molar-refractivity contribution in [2.24, 2.45) is 0 Å². The second-order valence-electron chi connectivity index (χ2n) is 4.68. The smallest absolute Gasteiger partial charge is 0.359 e. The molecule has 0 saturated heterocycles. The van der Waals surface area contributed by atoms with Gasteiger partial charge in [-0.25, -0.2) is 0 Å². The third-order valence-electron chi connectivity index (χ3n) is 3.06. The molecule has 0 unspecified atom stereocenters. The summed E-state index contributed by atoms with van der Waals surface area (Å²) in [7, 11) is 0. The van der Waals surface area contributed by atoms with Gasteiger partial charge >= 0.3 is 6.18 Å². The number of nitro groups is 1. The lowest BCUT2D eigenvalue weighted by molar-refractivity contribution is -0.384. The summed E-state index contributed by atoms with van der Waals surface area (Å²) in [6, 6.07) is 3.62. The van der Waals surface area contributed by atoms with E-state index in [1.54, 1.807) is 0 Å². The van der Waals surface area contributed by atoms with Crippen LogP contribution in [0.5, 0.6) is 0 Å². The van der Waals surface area contributed by atoms with Crippen LogP contribution >= 0.6 is 11.6 Å². The topological polar surface area (TPSA) is 46.4 Å². The highest BCUT2D eigenvalue weighted by Crippen LogP contribution is 2.37. The van der Waals surface area contributed by atoms with Crippen LogP contribution in [0.25, 0.3) is 0 Å². The molecule has 2 rings (SSSR count). The zero-order valence-corrected chi connectivity index (χ0v) is 11.1. The van der Waals surface area contributed by atoms with E-state index in [1.807, 2.05) is 0 Å². The average Bonchev–Trinajstić information content (AvgIpc) is 3.18. The molecule has 1 saturated carbocycles. The van der Waals surface area contributed by atoms with Crippen molar-refractivity contribution in [3.8, 4) is 0 Å². The molecule has 0 spiro atoms. The van der Waals surface area contributed by atoms with Crippen LogP contribution < -0.4 is 4.90 Å². The van der Waals surface area contributed by atoms with E-state index in [0.29, 0.717) is 24.1 Å². The SMILES string of the molecule is O=[N+]([O-])c1ccc(N(CC(F)(F)F)C2CC2)c(CCl)c1. The van der Waals surface area contributed by atoms with Crippen molar-refractivity contribution in [2.45, 2.75) is 30.9 Å². The summed E-state index contributed by atoms with van der Waals surface area (Å²) in [6.07, 6.45) is -2.95. The highest BCUT2D eigenvalue weighted by atomic mass is 35.5. The number of hydrogen-bond acceptors (Lipinski definition) is 3. The van der Waals surface area contributed by atoms with Crippen LogP contribution in [0.4, 0.5) is 24.5 Å². The zero-order valence-electron chi connectivity index (χ0n) is 10.4. The Labute approximate surface area is 118 Å². The second-order valence-corrected chi connectivity index (χ2v) is 4.95. The summed E-state index contributed by atoms with van der Waals surface area (Å²) in [4.78, 5) is 11.3. The minimum Gasteiger partial charge on any atom is -0.359 e. The van der Waals surface area contributed by atoms with Crippen LogP contribution in [-0.2, 0) is 5.88 Å². The number of rotatable bonds is 5. The van der Waals surface area contributed by atoms with Crippen LogP contribution in [-0.4, -0.2) is 23.7 Å². The Morgan fingerprint density at radius 1 is 1.40 bits per heavy atom. The van der Waals surface area contributed by atoms with E-state index in [-0.39, 0.29) is 17.6 Å². The number of non-ortho nitro benzene ring substituents is 1. The number of alkyl halides is 4. The molecule has 4 nitrogen and oxygen atoms in total. The molecule has 0 bridgehead atoms. The molecule has 1 aliphatic rings. The molecule has 0 heterocycles. The standard InChI is InChI=1S/C12H12ClF3N2O2/c13-6-8-5-10(18(19)20)3-4-11(8)17(9-1-2-9)7-12(14,15)16/h3-5,9H,1-2,6-7H2. The molecule has 20 heavy (non-hydrogen) atoms. The van der Waals surface area contributed by atoms with Gasteiger partial charge in [-0.2, -0.15) is 13.2 Å². The maximum Gasteiger partial charge on any atom is 0.405 e. The van der Waals surface area contributed by atoms with Crippen LogP contribution in [0.15, 0.2) is 18.2 Å². The fraction of sp³-hybridized carbons (Fsp3) is 0.500. The molecule has 0 aromatic heterocycles. The molecule has 0 aliphatic heterocycles. The number of nitrogens with zero attached hydrogens (tertiary/aromatic N) is 2. The molecule has 1 aromatic carbocycles. The second kappa shape index (κ2) is 5.47. The van der Waals surface area contributed by atoms with Crippen molar-refractivity contribution in [3.05, 3.63) is 33.9 Å². The van der Waals surface area contributed by atoms with Gasteiger partial charge in [-0.15, -0.1) is 11.6 Å². The fourth-order valence-corrected chi connectivity index (χ4v) is 2.28. The Morgan fingerprint density at radius 2 is 2.05 bits per heavy atom. The molecule has 0 atom stereocenters. The van der Waals surface area contributed by atoms with Gasteiger partial charge in [0, 0.05) is 29.7 Å². The number of anilines is 1. The summed E-state index contributed by atoms with van der Waals surface area (Å²) in [5.41, 5.74) is 0.495. The normalized spacial score (nSPS) is 15.2. The van der Waals surface area contributed by atoms with Crippen molar-refractivity contribution in [2.75, 3.05) is 11.4 Å². The lowest BCUT2D eigenvalue weighted by atomic mass is 10.1. The van der Waals surface area contributed by atoms with Gasteiger partial charge in [0.1, 0.15) is 6.54 Å². The maximum atomic E-state index is 12.6. The largest absolute Gasteiger partial charge is 0.405 e. The van der Waals surface area contributed by atoms with Crippen molar-refractivity contribution in [1.82, 2.24) is 0 Å². The summed E-state index contributed by atoms with van der Waals surface area (Å²) in [6.45, 7) is -1.07. The average molecular weight is 309 g/mol. The van der Waals surface area contributed by atoms with Gasteiger partial charge in [0.2, 0.25) is 0 Å². The molecule has 1 fully saturated rings. The van der Waals surface area contributed by atoms with Crippen molar-refractivity contribution >= 4 is 23.0 Å². The van der Waals surface area contributed by atoms with E-state index in [1.165, 1.54) is 23.1 Å². The zero-order chi connectivity index (χ0) is 14.9. The molecule has 0 N–H and O–H groups in total. The number of halogens is 4. The van der Waals surface area contributed by atoms with Gasteiger partial charge in [-0.3, -0.25) is 10.1 Å². The Kier molecular flexibility index (Phi) is 4.08. The molecular formula is C12H12ClF3N2O2. The van der Waals surface area contributed by atoms with Crippen molar-refractivity contribution in [3.63, 3.8) is 0 Å². The Bertz CT molecular complexity index is 518. The first-order chi connectivity index (χ1) is 9.31. The van der Waals surface area contributed by atoms with Crippen molar-refractivity contribution in [1.29, 1.82) is 0 Å². The quantitative estimate of drug-likeness (QED) is 0.471. The highest BCUT2D eigenvalue weighted by molar-refractivity contribution is 6.17. The first-order valence-electron chi connectivity index (χ1n) is 5.98. The molecule has 0 amide bonds. The number of benzene rings is 1. The van der Waals surface area contributed by atoms with Gasteiger partial charge in [0.15, 0.2) is 0 Å². The molecule has 1 aliphatic carbocycles. The lowest BCUT2D eigenvalue weighted by Gasteiger charge is -2.27. The van der Waals surface area contributed by atoms with Gasteiger partial charge in [0.05, 0.1) is 4.92 Å². The Balaban J connectivity index is 2.35. The third kappa shape index (κ3) is 3.53. The van der Waals surface area contributed by atoms with Gasteiger partial charge in [0.25, 0.3) is 5.69 Å². The van der Waals surface area contributed by atoms with Gasteiger partial charge < -0.3 is 4.90 Å². The molecule has 110 valence electrons. The van der Waals surface area contributed by atoms with Crippen molar-refractivity contribution < 1.29 is 18.1 Å². The lowest BCUT2D eigenvalue weighted by Crippen LogP contribution is -2.36. The minimum atomic E-state index is -4.33. The first-order valence-corrected chi connectivity index (χ1v) is 6.52. The first kappa shape index (κ1) is 14.9. The summed E-state index contributed by atoms with van der Waals surface area (Å²) >= 11 is 5.72. The molecule has 1 aromatic rings. The van der Waals surface area contributed by atoms with E-state index < -0.39 is 17.6 Å². The van der Waals surface area contributed by atoms with E-state index in [2.05, 4.69) is 0 Å². The molecular weight excluding hydrogens is 297 g/mol. The summed E-state index contributed by atoms with van der Waals surface area (Å²) in [5, 5.41) is 10.7. The highest BCUT2D eigenvalue weighted by Gasteiger charge is 2.39. The Morgan fingerprint density at radius 3 is 2.50 bits per heavy atom. The predicted molar refractivity (Wildman–Crippen MR) is 69.1 cm³/mol. The van der Waals surface area contributed by atoms with Crippen LogP contribution in [0.1, 0.15) is 18.4 Å². The monoisotopic (exact) mass is 308 g/mol. The van der Waals surface area contributed by atoms with Crippen LogP contribution in [0, 0.1) is 10.1 Å². The summed E-state index contributed by atoms with van der Waals surface area (Å²) < 4.78 is 37.9. The predicted octanol–water partition coefficient (Wildman–Crippen LogP) is 3.86. The van der Waals surface area contributed by atoms with Gasteiger partial charge in [-0.1, -0.05) is 0 Å². The Hall–Kier alpha value is -1.50. The number of hydrogen-bond donors (Lipinski definition) is 0. The van der Waals surface area contributed by atoms with E-state index in [9.17, 15) is 23.3 Å². The van der Waals surface area contributed by atoms with Crippen LogP contribution in [0.2, 0.25) is 0 Å². The molecule has 0 radical (unpaired) electrons. The summed E-state index contributed by atoms with van der Waals surface area (Å²) in [5.74, 6) is -0.0713. The fourth-order valence-electron chi connectivity index (χ4n) is 2.06. The van der Waals surface area contributed by atoms with Gasteiger partial charge in [-0.05, 0) is 24.5 Å². The third-order valence-corrected chi connectivity index (χ3v) is 3.35. The van der Waals surface area contributed by atoms with Crippen LogP contribution in [0.3, 0.4) is 0 Å². The van der Waals surface area contributed by atoms with E-state index >= 15 is 0 Å². The minimum absolute atomic E-state index is 0.0713. The van der Waals surface area contributed by atoms with E-state index in [4.69, 9.17) is 11.6 Å². The maximum absolute atomic E-state index is 12.6. The molecule has 8 heteroatoms. The van der Waals surface area contributed by atoms with E-state index in [0.717, 1.165) is 0 Å². The number of nitro benzene ring substituents is 1.